The second kappa shape index (κ2) is 7.27. The van der Waals surface area contributed by atoms with Gasteiger partial charge in [-0.2, -0.15) is 0 Å². The van der Waals surface area contributed by atoms with Crippen LogP contribution in [0.2, 0.25) is 0 Å². The van der Waals surface area contributed by atoms with Gasteiger partial charge >= 0.3 is 0 Å². The number of halogens is 1. The number of aryl methyl sites for hydroxylation is 1. The van der Waals surface area contributed by atoms with E-state index in [1.807, 2.05) is 35.7 Å². The van der Waals surface area contributed by atoms with Gasteiger partial charge in [-0.25, -0.2) is 0 Å². The van der Waals surface area contributed by atoms with Crippen LogP contribution in [0.1, 0.15) is 5.56 Å². The molecule has 0 heterocycles. The predicted molar refractivity (Wildman–Crippen MR) is 91.2 cm³/mol. The van der Waals surface area contributed by atoms with E-state index in [1.54, 1.807) is 0 Å². The fourth-order valence-corrected chi connectivity index (χ4v) is 3.99. The van der Waals surface area contributed by atoms with Crippen molar-refractivity contribution in [2.75, 3.05) is 17.2 Å². The maximum absolute atomic E-state index is 5.95. The summed E-state index contributed by atoms with van der Waals surface area (Å²) in [4.78, 5) is 2.48. The van der Waals surface area contributed by atoms with Crippen molar-refractivity contribution in [3.8, 4) is 0 Å². The molecule has 0 spiro atoms. The third kappa shape index (κ3) is 4.79. The molecule has 0 saturated carbocycles. The summed E-state index contributed by atoms with van der Waals surface area (Å²) in [6.07, 6.45) is 0. The summed E-state index contributed by atoms with van der Waals surface area (Å²) in [7, 11) is 0. The van der Waals surface area contributed by atoms with Crippen LogP contribution in [0.4, 0.5) is 5.69 Å². The molecular formula is C15H16BrNS2. The highest BCUT2D eigenvalue weighted by molar-refractivity contribution is 9.10. The van der Waals surface area contributed by atoms with Gasteiger partial charge in [0.05, 0.1) is 0 Å². The molecule has 0 fully saturated rings. The molecule has 2 rings (SSSR count). The van der Waals surface area contributed by atoms with E-state index in [1.165, 1.54) is 10.5 Å². The monoisotopic (exact) mass is 353 g/mol. The lowest BCUT2D eigenvalue weighted by atomic mass is 10.2. The van der Waals surface area contributed by atoms with Crippen molar-refractivity contribution in [1.82, 2.24) is 0 Å². The molecule has 0 saturated heterocycles. The first kappa shape index (κ1) is 14.8. The van der Waals surface area contributed by atoms with Gasteiger partial charge in [-0.05, 0) is 37.3 Å². The molecule has 2 aromatic carbocycles. The highest BCUT2D eigenvalue weighted by Crippen LogP contribution is 2.29. The molecule has 0 aromatic heterocycles. The van der Waals surface area contributed by atoms with E-state index in [-0.39, 0.29) is 0 Å². The van der Waals surface area contributed by atoms with E-state index in [4.69, 9.17) is 5.73 Å². The smallest absolute Gasteiger partial charge is 0.0453 e. The molecule has 0 radical (unpaired) electrons. The number of hydrogen-bond acceptors (Lipinski definition) is 3. The van der Waals surface area contributed by atoms with Gasteiger partial charge < -0.3 is 5.73 Å². The van der Waals surface area contributed by atoms with Crippen molar-refractivity contribution in [3.05, 3.63) is 52.5 Å². The molecule has 0 unspecified atom stereocenters. The molecule has 0 bridgehead atoms. The number of rotatable bonds is 5. The molecule has 0 aliphatic carbocycles. The third-order valence-corrected chi connectivity index (χ3v) is 5.44. The van der Waals surface area contributed by atoms with Gasteiger partial charge in [0.1, 0.15) is 0 Å². The molecule has 0 atom stereocenters. The minimum Gasteiger partial charge on any atom is -0.398 e. The van der Waals surface area contributed by atoms with Crippen LogP contribution in [0.15, 0.2) is 56.7 Å². The van der Waals surface area contributed by atoms with Crippen LogP contribution < -0.4 is 5.73 Å². The van der Waals surface area contributed by atoms with Crippen LogP contribution in [-0.4, -0.2) is 11.5 Å². The van der Waals surface area contributed by atoms with Gasteiger partial charge in [-0.15, -0.1) is 23.5 Å². The normalized spacial score (nSPS) is 10.6. The molecule has 0 aliphatic rings. The van der Waals surface area contributed by atoms with Crippen LogP contribution in [0.5, 0.6) is 0 Å². The summed E-state index contributed by atoms with van der Waals surface area (Å²) in [5, 5.41) is 0. The first-order valence-electron chi connectivity index (χ1n) is 6.02. The van der Waals surface area contributed by atoms with Crippen molar-refractivity contribution in [3.63, 3.8) is 0 Å². The highest BCUT2D eigenvalue weighted by atomic mass is 79.9. The van der Waals surface area contributed by atoms with E-state index in [2.05, 4.69) is 53.2 Å². The van der Waals surface area contributed by atoms with Crippen molar-refractivity contribution >= 4 is 45.1 Å². The second-order valence-corrected chi connectivity index (χ2v) is 7.41. The first-order chi connectivity index (χ1) is 9.15. The average molecular weight is 354 g/mol. The Bertz CT molecular complexity index is 540. The number of anilines is 1. The fourth-order valence-electron chi connectivity index (χ4n) is 1.58. The topological polar surface area (TPSA) is 26.0 Å². The van der Waals surface area contributed by atoms with Gasteiger partial charge in [0, 0.05) is 31.5 Å². The van der Waals surface area contributed by atoms with E-state index in [0.29, 0.717) is 0 Å². The molecule has 19 heavy (non-hydrogen) atoms. The van der Waals surface area contributed by atoms with Gasteiger partial charge in [0.2, 0.25) is 0 Å². The Balaban J connectivity index is 1.80. The quantitative estimate of drug-likeness (QED) is 0.453. The molecule has 100 valence electrons. The zero-order valence-corrected chi connectivity index (χ0v) is 13.9. The summed E-state index contributed by atoms with van der Waals surface area (Å²) in [6.45, 7) is 2.11. The minimum atomic E-state index is 0.855. The van der Waals surface area contributed by atoms with E-state index < -0.39 is 0 Å². The number of benzene rings is 2. The lowest BCUT2D eigenvalue weighted by Crippen LogP contribution is -1.90. The van der Waals surface area contributed by atoms with Gasteiger partial charge in [-0.1, -0.05) is 33.6 Å². The summed E-state index contributed by atoms with van der Waals surface area (Å²) in [5.74, 6) is 2.14. The molecule has 2 N–H and O–H groups in total. The maximum atomic E-state index is 5.95. The Morgan fingerprint density at radius 2 is 1.68 bits per heavy atom. The summed E-state index contributed by atoms with van der Waals surface area (Å²) >= 11 is 7.17. The van der Waals surface area contributed by atoms with E-state index in [9.17, 15) is 0 Å². The fraction of sp³-hybridized carbons (Fsp3) is 0.200. The summed E-state index contributed by atoms with van der Waals surface area (Å²) in [6, 6.07) is 14.7. The molecule has 2 aromatic rings. The molecular weight excluding hydrogens is 338 g/mol. The zero-order chi connectivity index (χ0) is 13.7. The van der Waals surface area contributed by atoms with E-state index >= 15 is 0 Å². The van der Waals surface area contributed by atoms with Gasteiger partial charge in [-0.3, -0.25) is 0 Å². The second-order valence-electron chi connectivity index (χ2n) is 4.19. The van der Waals surface area contributed by atoms with Crippen molar-refractivity contribution in [2.45, 2.75) is 16.7 Å². The molecule has 0 amide bonds. The largest absolute Gasteiger partial charge is 0.398 e. The standard InChI is InChI=1S/C15H16BrNS2/c1-11-2-5-13(6-3-11)18-8-9-19-15-10-12(16)4-7-14(15)17/h2-7,10H,8-9,17H2,1H3. The summed E-state index contributed by atoms with van der Waals surface area (Å²) in [5.41, 5.74) is 8.11. The number of hydrogen-bond donors (Lipinski definition) is 1. The van der Waals surface area contributed by atoms with Gasteiger partial charge in [0.15, 0.2) is 0 Å². The number of thioether (sulfide) groups is 2. The first-order valence-corrected chi connectivity index (χ1v) is 8.79. The Morgan fingerprint density at radius 3 is 2.42 bits per heavy atom. The van der Waals surface area contributed by atoms with Crippen LogP contribution in [0.25, 0.3) is 0 Å². The lowest BCUT2D eigenvalue weighted by molar-refractivity contribution is 1.37. The number of nitrogen functional groups attached to an aromatic ring is 1. The third-order valence-electron chi connectivity index (χ3n) is 2.61. The Kier molecular flexibility index (Phi) is 5.67. The van der Waals surface area contributed by atoms with Crippen LogP contribution in [-0.2, 0) is 0 Å². The minimum absolute atomic E-state index is 0.855. The van der Waals surface area contributed by atoms with Crippen molar-refractivity contribution in [1.29, 1.82) is 0 Å². The highest BCUT2D eigenvalue weighted by Gasteiger charge is 2.01. The molecule has 0 aliphatic heterocycles. The lowest BCUT2D eigenvalue weighted by Gasteiger charge is -2.06. The number of nitrogens with two attached hydrogens (primary N) is 1. The predicted octanol–water partition coefficient (Wildman–Crippen LogP) is 5.22. The van der Waals surface area contributed by atoms with Crippen molar-refractivity contribution in [2.24, 2.45) is 0 Å². The Labute approximate surface area is 131 Å². The molecule has 4 heteroatoms. The molecule has 1 nitrogen and oxygen atoms in total. The SMILES string of the molecule is Cc1ccc(SCCSc2cc(Br)ccc2N)cc1. The Morgan fingerprint density at radius 1 is 1.00 bits per heavy atom. The van der Waals surface area contributed by atoms with E-state index in [0.717, 1.165) is 26.6 Å². The average Bonchev–Trinajstić information content (AvgIpc) is 2.40. The van der Waals surface area contributed by atoms with Gasteiger partial charge in [0.25, 0.3) is 0 Å². The Hall–Kier alpha value is -0.580. The van der Waals surface area contributed by atoms with Crippen LogP contribution >= 0.6 is 39.5 Å². The zero-order valence-electron chi connectivity index (χ0n) is 10.7. The van der Waals surface area contributed by atoms with Crippen molar-refractivity contribution < 1.29 is 0 Å². The van der Waals surface area contributed by atoms with Crippen LogP contribution in [0.3, 0.4) is 0 Å². The maximum Gasteiger partial charge on any atom is 0.0453 e. The summed E-state index contributed by atoms with van der Waals surface area (Å²) < 4.78 is 1.08. The van der Waals surface area contributed by atoms with Crippen LogP contribution in [0, 0.1) is 6.92 Å².